The monoisotopic (exact) mass is 314 g/mol. The molecule has 0 spiro atoms. The number of aromatic nitrogens is 1. The van der Waals surface area contributed by atoms with Gasteiger partial charge < -0.3 is 14.2 Å². The minimum atomic E-state index is -0.555. The van der Waals surface area contributed by atoms with E-state index in [0.717, 1.165) is 25.2 Å². The predicted molar refractivity (Wildman–Crippen MR) is 92.5 cm³/mol. The van der Waals surface area contributed by atoms with Gasteiger partial charge in [-0.1, -0.05) is 18.2 Å². The van der Waals surface area contributed by atoms with Crippen LogP contribution < -0.4 is 0 Å². The maximum Gasteiger partial charge on any atom is 0.225 e. The second-order valence-electron chi connectivity index (χ2n) is 6.48. The molecule has 4 nitrogen and oxygen atoms in total. The largest absolute Gasteiger partial charge is 0.368 e. The summed E-state index contributed by atoms with van der Waals surface area (Å²) in [5, 5.41) is 1.29. The number of para-hydroxylation sites is 1. The molecule has 1 aromatic carbocycles. The van der Waals surface area contributed by atoms with Crippen molar-refractivity contribution in [3.05, 3.63) is 35.5 Å². The van der Waals surface area contributed by atoms with Crippen molar-refractivity contribution in [1.29, 1.82) is 0 Å². The minimum absolute atomic E-state index is 0.163. The highest BCUT2D eigenvalue weighted by Gasteiger charge is 2.40. The Morgan fingerprint density at radius 3 is 2.70 bits per heavy atom. The van der Waals surface area contributed by atoms with E-state index in [9.17, 15) is 4.79 Å². The van der Waals surface area contributed by atoms with Crippen molar-refractivity contribution in [1.82, 2.24) is 9.47 Å². The Labute approximate surface area is 138 Å². The quantitative estimate of drug-likeness (QED) is 0.868. The van der Waals surface area contributed by atoms with Gasteiger partial charge in [0.15, 0.2) is 0 Å². The van der Waals surface area contributed by atoms with Gasteiger partial charge in [0.2, 0.25) is 5.91 Å². The van der Waals surface area contributed by atoms with Crippen molar-refractivity contribution in [2.75, 3.05) is 19.7 Å². The number of nitrogens with zero attached hydrogens (tertiary/aromatic N) is 2. The highest BCUT2D eigenvalue weighted by Crippen LogP contribution is 2.40. The molecule has 0 N–H and O–H groups in total. The number of carbonyl (C=O) groups is 1. The Bertz CT molecular complexity index is 730. The maximum atomic E-state index is 12.7. The standard InChI is InChI=1S/C19H26N2O2/c1-5-21(6-2)17(22)13-19(3)18-15(11-12-23-19)14-9-7-8-10-16(14)20(18)4/h7-10H,5-6,11-13H2,1-4H3. The fourth-order valence-corrected chi connectivity index (χ4v) is 3.96. The average Bonchev–Trinajstić information content (AvgIpc) is 2.83. The van der Waals surface area contributed by atoms with E-state index in [2.05, 4.69) is 42.8 Å². The predicted octanol–water partition coefficient (Wildman–Crippen LogP) is 3.22. The summed E-state index contributed by atoms with van der Waals surface area (Å²) in [7, 11) is 2.08. The van der Waals surface area contributed by atoms with Crippen LogP contribution >= 0.6 is 0 Å². The van der Waals surface area contributed by atoms with Crippen molar-refractivity contribution in [2.24, 2.45) is 7.05 Å². The number of aryl methyl sites for hydroxylation is 1. The highest BCUT2D eigenvalue weighted by atomic mass is 16.5. The van der Waals surface area contributed by atoms with Crippen LogP contribution in [0.25, 0.3) is 10.9 Å². The third kappa shape index (κ3) is 2.55. The smallest absolute Gasteiger partial charge is 0.225 e. The molecule has 124 valence electrons. The van der Waals surface area contributed by atoms with E-state index < -0.39 is 5.60 Å². The first kappa shape index (κ1) is 16.1. The van der Waals surface area contributed by atoms with Gasteiger partial charge in [-0.3, -0.25) is 4.79 Å². The Balaban J connectivity index is 2.05. The molecule has 0 bridgehead atoms. The van der Waals surface area contributed by atoms with Gasteiger partial charge in [-0.15, -0.1) is 0 Å². The lowest BCUT2D eigenvalue weighted by Gasteiger charge is -2.36. The fraction of sp³-hybridized carbons (Fsp3) is 0.526. The number of amides is 1. The number of fused-ring (bicyclic) bond motifs is 3. The zero-order valence-corrected chi connectivity index (χ0v) is 14.6. The Kier molecular flexibility index (Phi) is 4.19. The van der Waals surface area contributed by atoms with Gasteiger partial charge in [-0.25, -0.2) is 0 Å². The zero-order chi connectivity index (χ0) is 16.6. The van der Waals surface area contributed by atoms with Crippen LogP contribution in [0.3, 0.4) is 0 Å². The molecule has 0 saturated carbocycles. The van der Waals surface area contributed by atoms with Crippen LogP contribution in [-0.4, -0.2) is 35.1 Å². The van der Waals surface area contributed by atoms with Crippen LogP contribution in [0.1, 0.15) is 38.4 Å². The first-order chi connectivity index (χ1) is 11.0. The van der Waals surface area contributed by atoms with Crippen molar-refractivity contribution < 1.29 is 9.53 Å². The lowest BCUT2D eigenvalue weighted by atomic mass is 9.89. The molecule has 0 radical (unpaired) electrons. The molecular formula is C19H26N2O2. The highest BCUT2D eigenvalue weighted by molar-refractivity contribution is 5.87. The van der Waals surface area contributed by atoms with Crippen LogP contribution in [0.4, 0.5) is 0 Å². The molecule has 1 amide bonds. The van der Waals surface area contributed by atoms with Gasteiger partial charge in [0.05, 0.1) is 18.7 Å². The fourth-order valence-electron chi connectivity index (χ4n) is 3.96. The first-order valence-electron chi connectivity index (χ1n) is 8.50. The molecule has 23 heavy (non-hydrogen) atoms. The van der Waals surface area contributed by atoms with E-state index in [1.165, 1.54) is 16.5 Å². The molecule has 0 aliphatic carbocycles. The summed E-state index contributed by atoms with van der Waals surface area (Å²) < 4.78 is 8.35. The number of ether oxygens (including phenoxy) is 1. The normalized spacial score (nSPS) is 20.5. The number of hydrogen-bond donors (Lipinski definition) is 0. The van der Waals surface area contributed by atoms with Crippen LogP contribution in [0.2, 0.25) is 0 Å². The van der Waals surface area contributed by atoms with Crippen LogP contribution in [0, 0.1) is 0 Å². The summed E-state index contributed by atoms with van der Waals surface area (Å²) >= 11 is 0. The number of hydrogen-bond acceptors (Lipinski definition) is 2. The molecular weight excluding hydrogens is 288 g/mol. The molecule has 0 saturated heterocycles. The van der Waals surface area contributed by atoms with Gasteiger partial charge in [0.25, 0.3) is 0 Å². The summed E-state index contributed by atoms with van der Waals surface area (Å²) in [5.41, 5.74) is 3.15. The second kappa shape index (κ2) is 6.00. The molecule has 2 heterocycles. The van der Waals surface area contributed by atoms with Gasteiger partial charge >= 0.3 is 0 Å². The maximum absolute atomic E-state index is 12.7. The molecule has 3 rings (SSSR count). The molecule has 1 aromatic heterocycles. The van der Waals surface area contributed by atoms with Crippen LogP contribution in [0.5, 0.6) is 0 Å². The molecule has 1 atom stereocenters. The van der Waals surface area contributed by atoms with Crippen molar-refractivity contribution >= 4 is 16.8 Å². The van der Waals surface area contributed by atoms with Gasteiger partial charge in [-0.05, 0) is 38.8 Å². The molecule has 4 heteroatoms. The summed E-state index contributed by atoms with van der Waals surface area (Å²) in [4.78, 5) is 14.5. The average molecular weight is 314 g/mol. The summed E-state index contributed by atoms with van der Waals surface area (Å²) in [5.74, 6) is 0.163. The summed E-state index contributed by atoms with van der Waals surface area (Å²) in [6, 6.07) is 8.45. The third-order valence-corrected chi connectivity index (χ3v) is 5.09. The summed E-state index contributed by atoms with van der Waals surface area (Å²) in [6.45, 7) is 8.26. The number of benzene rings is 1. The third-order valence-electron chi connectivity index (χ3n) is 5.09. The van der Waals surface area contributed by atoms with Gasteiger partial charge in [0, 0.05) is 31.0 Å². The van der Waals surface area contributed by atoms with Crippen molar-refractivity contribution in [3.8, 4) is 0 Å². The van der Waals surface area contributed by atoms with Crippen molar-refractivity contribution in [2.45, 2.75) is 39.2 Å². The SMILES string of the molecule is CCN(CC)C(=O)CC1(C)OCCc2c1n(C)c1ccccc21. The minimum Gasteiger partial charge on any atom is -0.368 e. The van der Waals surface area contributed by atoms with Gasteiger partial charge in [0.1, 0.15) is 5.60 Å². The first-order valence-corrected chi connectivity index (χ1v) is 8.50. The molecule has 1 aliphatic rings. The topological polar surface area (TPSA) is 34.5 Å². The summed E-state index contributed by atoms with van der Waals surface area (Å²) in [6.07, 6.45) is 1.30. The van der Waals surface area contributed by atoms with Crippen LogP contribution in [-0.2, 0) is 28.6 Å². The molecule has 1 unspecified atom stereocenters. The lowest BCUT2D eigenvalue weighted by Crippen LogP contribution is -2.41. The molecule has 1 aliphatic heterocycles. The van der Waals surface area contributed by atoms with E-state index >= 15 is 0 Å². The van der Waals surface area contributed by atoms with E-state index in [1.54, 1.807) is 0 Å². The molecule has 0 fully saturated rings. The van der Waals surface area contributed by atoms with E-state index in [4.69, 9.17) is 4.74 Å². The Hall–Kier alpha value is -1.81. The van der Waals surface area contributed by atoms with E-state index in [0.29, 0.717) is 13.0 Å². The van der Waals surface area contributed by atoms with Crippen LogP contribution in [0.15, 0.2) is 24.3 Å². The van der Waals surface area contributed by atoms with E-state index in [-0.39, 0.29) is 5.91 Å². The second-order valence-corrected chi connectivity index (χ2v) is 6.48. The zero-order valence-electron chi connectivity index (χ0n) is 14.6. The number of carbonyl (C=O) groups excluding carboxylic acids is 1. The lowest BCUT2D eigenvalue weighted by molar-refractivity contribution is -0.140. The molecule has 2 aromatic rings. The van der Waals surface area contributed by atoms with Gasteiger partial charge in [-0.2, -0.15) is 0 Å². The number of rotatable bonds is 4. The Morgan fingerprint density at radius 1 is 1.30 bits per heavy atom. The van der Waals surface area contributed by atoms with E-state index in [1.807, 2.05) is 18.7 Å². The Morgan fingerprint density at radius 2 is 2.00 bits per heavy atom. The van der Waals surface area contributed by atoms with Crippen molar-refractivity contribution in [3.63, 3.8) is 0 Å².